The van der Waals surface area contributed by atoms with Gasteiger partial charge in [0.25, 0.3) is 0 Å². The van der Waals surface area contributed by atoms with Crippen LogP contribution in [0.3, 0.4) is 0 Å². The first kappa shape index (κ1) is 12.8. The summed E-state index contributed by atoms with van der Waals surface area (Å²) < 4.78 is 0. The number of hydrogen-bond donors (Lipinski definition) is 5. The Morgan fingerprint density at radius 1 is 1.00 bits per heavy atom. The van der Waals surface area contributed by atoms with Crippen molar-refractivity contribution in [2.75, 3.05) is 0 Å². The minimum absolute atomic E-state index is 0.212. The quantitative estimate of drug-likeness (QED) is 0.336. The molecule has 0 radical (unpaired) electrons. The van der Waals surface area contributed by atoms with E-state index in [1.54, 1.807) is 0 Å². The highest BCUT2D eigenvalue weighted by molar-refractivity contribution is 5.74. The van der Waals surface area contributed by atoms with Gasteiger partial charge in [0.1, 0.15) is 12.1 Å². The van der Waals surface area contributed by atoms with Gasteiger partial charge in [0.15, 0.2) is 0 Å². The van der Waals surface area contributed by atoms with Crippen LogP contribution in [0.2, 0.25) is 0 Å². The lowest BCUT2D eigenvalue weighted by Crippen LogP contribution is -2.38. The lowest BCUT2D eigenvalue weighted by molar-refractivity contribution is -0.139. The Morgan fingerprint density at radius 2 is 1.29 bits per heavy atom. The van der Waals surface area contributed by atoms with Crippen molar-refractivity contribution in [3.8, 4) is 0 Å². The van der Waals surface area contributed by atoms with Gasteiger partial charge in [-0.2, -0.15) is 0 Å². The average Bonchev–Trinajstić information content (AvgIpc) is 2.03. The van der Waals surface area contributed by atoms with E-state index in [0.29, 0.717) is 0 Å². The van der Waals surface area contributed by atoms with E-state index in [1.165, 1.54) is 0 Å². The van der Waals surface area contributed by atoms with E-state index in [4.69, 9.17) is 21.7 Å². The molecule has 0 aromatic carbocycles. The predicted molar refractivity (Wildman–Crippen MR) is 46.5 cm³/mol. The predicted octanol–water partition coefficient (Wildman–Crippen LogP) is -2.05. The molecule has 7 nitrogen and oxygen atoms in total. The molecule has 7 N–H and O–H groups in total. The summed E-state index contributed by atoms with van der Waals surface area (Å²) in [6, 6.07) is -2.41. The molecule has 14 heavy (non-hydrogen) atoms. The highest BCUT2D eigenvalue weighted by Gasteiger charge is 2.21. The van der Waals surface area contributed by atoms with Crippen LogP contribution in [-0.2, 0) is 9.59 Å². The van der Waals surface area contributed by atoms with Crippen molar-refractivity contribution in [2.24, 2.45) is 11.5 Å². The third-order valence-electron chi connectivity index (χ3n) is 1.69. The maximum atomic E-state index is 10.3. The van der Waals surface area contributed by atoms with E-state index in [0.717, 1.165) is 0 Å². The van der Waals surface area contributed by atoms with Crippen LogP contribution in [0.25, 0.3) is 0 Å². The molecular weight excluding hydrogens is 192 g/mol. The number of nitrogens with two attached hydrogens (primary N) is 2. The molecule has 0 aliphatic heterocycles. The number of carbonyl (C=O) groups is 2. The van der Waals surface area contributed by atoms with E-state index in [9.17, 15) is 14.7 Å². The van der Waals surface area contributed by atoms with Crippen molar-refractivity contribution < 1.29 is 24.9 Å². The molecule has 0 aromatic heterocycles. The lowest BCUT2D eigenvalue weighted by Gasteiger charge is -2.15. The fraction of sp³-hybridized carbons (Fsp3) is 0.714. The summed E-state index contributed by atoms with van der Waals surface area (Å²) in [5.74, 6) is -2.49. The van der Waals surface area contributed by atoms with Crippen molar-refractivity contribution in [2.45, 2.75) is 31.0 Å². The number of hydrogen-bond acceptors (Lipinski definition) is 5. The molecule has 0 bridgehead atoms. The lowest BCUT2D eigenvalue weighted by atomic mass is 10.0. The first-order valence-electron chi connectivity index (χ1n) is 3.99. The first-order valence-corrected chi connectivity index (χ1v) is 3.99. The van der Waals surface area contributed by atoms with Crippen LogP contribution < -0.4 is 11.5 Å². The van der Waals surface area contributed by atoms with Crippen LogP contribution in [0.4, 0.5) is 0 Å². The monoisotopic (exact) mass is 206 g/mol. The van der Waals surface area contributed by atoms with Crippen LogP contribution in [-0.4, -0.2) is 45.4 Å². The van der Waals surface area contributed by atoms with E-state index >= 15 is 0 Å². The zero-order valence-corrected chi connectivity index (χ0v) is 7.46. The second-order valence-electron chi connectivity index (χ2n) is 3.01. The maximum absolute atomic E-state index is 10.3. The van der Waals surface area contributed by atoms with Gasteiger partial charge in [-0.15, -0.1) is 0 Å². The number of aliphatic hydroxyl groups excluding tert-OH is 1. The summed E-state index contributed by atoms with van der Waals surface area (Å²) in [6.07, 6.45) is -1.54. The minimum atomic E-state index is -1.24. The molecule has 0 saturated carbocycles. The van der Waals surface area contributed by atoms with Crippen LogP contribution in [0.1, 0.15) is 12.8 Å². The number of aliphatic hydroxyl groups is 1. The minimum Gasteiger partial charge on any atom is -0.480 e. The maximum Gasteiger partial charge on any atom is 0.320 e. The molecule has 0 rings (SSSR count). The van der Waals surface area contributed by atoms with Crippen molar-refractivity contribution in [3.63, 3.8) is 0 Å². The van der Waals surface area contributed by atoms with Crippen molar-refractivity contribution in [1.29, 1.82) is 0 Å². The van der Waals surface area contributed by atoms with Gasteiger partial charge in [0, 0.05) is 0 Å². The van der Waals surface area contributed by atoms with Crippen LogP contribution in [0, 0.1) is 0 Å². The van der Waals surface area contributed by atoms with E-state index in [-0.39, 0.29) is 12.8 Å². The summed E-state index contributed by atoms with van der Waals surface area (Å²) in [5, 5.41) is 26.0. The fourth-order valence-corrected chi connectivity index (χ4v) is 0.884. The highest BCUT2D eigenvalue weighted by atomic mass is 16.4. The summed E-state index contributed by atoms with van der Waals surface area (Å²) in [4.78, 5) is 20.5. The molecule has 0 heterocycles. The normalized spacial score (nSPS) is 17.1. The summed E-state index contributed by atoms with van der Waals surface area (Å²) in [5.41, 5.74) is 10.2. The summed E-state index contributed by atoms with van der Waals surface area (Å²) in [7, 11) is 0. The third kappa shape index (κ3) is 4.75. The Balaban J connectivity index is 3.92. The Hall–Kier alpha value is -1.18. The molecule has 1 unspecified atom stereocenters. The standard InChI is InChI=1S/C7H14N2O5/c8-4(6(11)12)1-3(10)2-5(9)7(13)14/h3-5,10H,1-2,8-9H2,(H,11,12)(H,13,14)/t3?,4-,5+. The smallest absolute Gasteiger partial charge is 0.320 e. The number of carboxylic acid groups (broad SMARTS) is 2. The molecule has 7 heteroatoms. The van der Waals surface area contributed by atoms with Crippen LogP contribution in [0.5, 0.6) is 0 Å². The SMILES string of the molecule is N[C@H](CC(O)C[C@H](N)C(=O)O)C(=O)O. The van der Waals surface area contributed by atoms with E-state index < -0.39 is 30.1 Å². The fourth-order valence-electron chi connectivity index (χ4n) is 0.884. The third-order valence-corrected chi connectivity index (χ3v) is 1.69. The molecule has 0 fully saturated rings. The molecule has 0 aromatic rings. The topological polar surface area (TPSA) is 147 Å². The summed E-state index contributed by atoms with van der Waals surface area (Å²) >= 11 is 0. The molecule has 0 saturated heterocycles. The molecule has 0 amide bonds. The molecular formula is C7H14N2O5. The molecule has 0 aliphatic carbocycles. The van der Waals surface area contributed by atoms with Crippen molar-refractivity contribution >= 4 is 11.9 Å². The Bertz CT molecular complexity index is 198. The van der Waals surface area contributed by atoms with E-state index in [2.05, 4.69) is 0 Å². The Morgan fingerprint density at radius 3 is 1.50 bits per heavy atom. The van der Waals surface area contributed by atoms with Gasteiger partial charge < -0.3 is 26.8 Å². The molecule has 0 aliphatic rings. The van der Waals surface area contributed by atoms with Gasteiger partial charge in [0.05, 0.1) is 6.10 Å². The number of aliphatic carboxylic acids is 2. The van der Waals surface area contributed by atoms with Crippen LogP contribution in [0.15, 0.2) is 0 Å². The van der Waals surface area contributed by atoms with Gasteiger partial charge in [-0.05, 0) is 12.8 Å². The highest BCUT2D eigenvalue weighted by Crippen LogP contribution is 2.03. The van der Waals surface area contributed by atoms with Gasteiger partial charge >= 0.3 is 11.9 Å². The zero-order chi connectivity index (χ0) is 11.3. The Kier molecular flexibility index (Phi) is 5.06. The number of carboxylic acids is 2. The van der Waals surface area contributed by atoms with Crippen LogP contribution >= 0.6 is 0 Å². The van der Waals surface area contributed by atoms with Gasteiger partial charge in [-0.25, -0.2) is 0 Å². The van der Waals surface area contributed by atoms with Gasteiger partial charge in [-0.1, -0.05) is 0 Å². The zero-order valence-electron chi connectivity index (χ0n) is 7.46. The second-order valence-corrected chi connectivity index (χ2v) is 3.01. The second kappa shape index (κ2) is 5.53. The molecule has 82 valence electrons. The Labute approximate surface area is 80.3 Å². The van der Waals surface area contributed by atoms with E-state index in [1.807, 2.05) is 0 Å². The van der Waals surface area contributed by atoms with Gasteiger partial charge in [-0.3, -0.25) is 9.59 Å². The van der Waals surface area contributed by atoms with Crippen molar-refractivity contribution in [3.05, 3.63) is 0 Å². The molecule has 3 atom stereocenters. The number of rotatable bonds is 6. The first-order chi connectivity index (χ1) is 6.34. The molecule has 0 spiro atoms. The largest absolute Gasteiger partial charge is 0.480 e. The van der Waals surface area contributed by atoms with Gasteiger partial charge in [0.2, 0.25) is 0 Å². The van der Waals surface area contributed by atoms with Crippen molar-refractivity contribution in [1.82, 2.24) is 0 Å². The summed E-state index contributed by atoms with van der Waals surface area (Å²) in [6.45, 7) is 0. The average molecular weight is 206 g/mol.